The highest BCUT2D eigenvalue weighted by molar-refractivity contribution is 5.83. The summed E-state index contributed by atoms with van der Waals surface area (Å²) in [5.74, 6) is 0.0820. The van der Waals surface area contributed by atoms with Gasteiger partial charge in [0.05, 0.1) is 0 Å². The molecular weight excluding hydrogens is 310 g/mol. The minimum Gasteiger partial charge on any atom is -0.384 e. The van der Waals surface area contributed by atoms with Crippen LogP contribution in [0, 0.1) is 13.8 Å². The Hall–Kier alpha value is -2.75. The van der Waals surface area contributed by atoms with Gasteiger partial charge >= 0.3 is 0 Å². The van der Waals surface area contributed by atoms with Crippen LogP contribution in [0.15, 0.2) is 48.7 Å². The van der Waals surface area contributed by atoms with Crippen LogP contribution in [-0.2, 0) is 11.2 Å². The molecule has 4 nitrogen and oxygen atoms in total. The summed E-state index contributed by atoms with van der Waals surface area (Å²) in [4.78, 5) is 15.3. The van der Waals surface area contributed by atoms with Crippen molar-refractivity contribution in [2.45, 2.75) is 26.7 Å². The zero-order chi connectivity index (χ0) is 17.6. The van der Waals surface area contributed by atoms with Crippen LogP contribution in [-0.4, -0.2) is 24.0 Å². The lowest BCUT2D eigenvalue weighted by Crippen LogP contribution is -2.27. The first-order valence-corrected chi connectivity index (χ1v) is 8.77. The molecule has 2 aromatic carbocycles. The Balaban J connectivity index is 1.43. The van der Waals surface area contributed by atoms with Gasteiger partial charge in [0.25, 0.3) is 0 Å². The van der Waals surface area contributed by atoms with Crippen molar-refractivity contribution in [2.24, 2.45) is 0 Å². The largest absolute Gasteiger partial charge is 0.384 e. The van der Waals surface area contributed by atoms with Gasteiger partial charge in [0.1, 0.15) is 0 Å². The second-order valence-corrected chi connectivity index (χ2v) is 6.40. The van der Waals surface area contributed by atoms with Crippen LogP contribution in [0.1, 0.15) is 23.1 Å². The van der Waals surface area contributed by atoms with E-state index in [0.717, 1.165) is 17.6 Å². The molecule has 4 heteroatoms. The number of nitrogens with one attached hydrogen (secondary N) is 3. The molecule has 0 radical (unpaired) electrons. The highest BCUT2D eigenvalue weighted by atomic mass is 16.1. The van der Waals surface area contributed by atoms with Gasteiger partial charge in [-0.3, -0.25) is 4.79 Å². The highest BCUT2D eigenvalue weighted by Crippen LogP contribution is 2.19. The summed E-state index contributed by atoms with van der Waals surface area (Å²) in [5.41, 5.74) is 5.93. The van der Waals surface area contributed by atoms with Gasteiger partial charge in [-0.25, -0.2) is 0 Å². The topological polar surface area (TPSA) is 56.9 Å². The first-order valence-electron chi connectivity index (χ1n) is 8.77. The molecule has 3 N–H and O–H groups in total. The predicted molar refractivity (Wildman–Crippen MR) is 104 cm³/mol. The molecule has 0 aliphatic rings. The molecule has 0 fully saturated rings. The molecular formula is C21H25N3O. The molecule has 1 amide bonds. The lowest BCUT2D eigenvalue weighted by Gasteiger charge is -2.12. The average molecular weight is 335 g/mol. The van der Waals surface area contributed by atoms with Gasteiger partial charge < -0.3 is 15.6 Å². The minimum atomic E-state index is 0.0820. The van der Waals surface area contributed by atoms with E-state index in [-0.39, 0.29) is 5.91 Å². The summed E-state index contributed by atoms with van der Waals surface area (Å²) >= 11 is 0. The number of hydrogen-bond acceptors (Lipinski definition) is 2. The monoisotopic (exact) mass is 335 g/mol. The molecule has 0 unspecified atom stereocenters. The summed E-state index contributed by atoms with van der Waals surface area (Å²) in [6.45, 7) is 5.46. The summed E-state index contributed by atoms with van der Waals surface area (Å²) in [5, 5.41) is 7.61. The average Bonchev–Trinajstić information content (AvgIpc) is 3.01. The number of carbonyl (C=O) groups is 1. The number of benzene rings is 2. The molecule has 0 saturated heterocycles. The third-order valence-corrected chi connectivity index (χ3v) is 4.53. The fraction of sp³-hybridized carbons (Fsp3) is 0.286. The number of fused-ring (bicyclic) bond motifs is 1. The van der Waals surface area contributed by atoms with E-state index in [1.165, 1.54) is 22.1 Å². The quantitative estimate of drug-likeness (QED) is 0.612. The summed E-state index contributed by atoms with van der Waals surface area (Å²) in [7, 11) is 0. The van der Waals surface area contributed by atoms with Crippen LogP contribution in [0.3, 0.4) is 0 Å². The van der Waals surface area contributed by atoms with Gasteiger partial charge in [0.15, 0.2) is 0 Å². The van der Waals surface area contributed by atoms with Crippen molar-refractivity contribution in [1.29, 1.82) is 0 Å². The van der Waals surface area contributed by atoms with E-state index in [1.807, 2.05) is 24.4 Å². The number of anilines is 1. The van der Waals surface area contributed by atoms with Crippen molar-refractivity contribution in [1.82, 2.24) is 10.3 Å². The second kappa shape index (κ2) is 7.88. The smallest absolute Gasteiger partial charge is 0.221 e. The van der Waals surface area contributed by atoms with Gasteiger partial charge in [-0.2, -0.15) is 0 Å². The van der Waals surface area contributed by atoms with Crippen molar-refractivity contribution in [3.05, 3.63) is 65.4 Å². The Kier molecular flexibility index (Phi) is 5.39. The summed E-state index contributed by atoms with van der Waals surface area (Å²) in [6.07, 6.45) is 3.33. The highest BCUT2D eigenvalue weighted by Gasteiger charge is 2.06. The molecule has 0 aliphatic heterocycles. The van der Waals surface area contributed by atoms with Crippen LogP contribution in [0.5, 0.6) is 0 Å². The molecule has 3 rings (SSSR count). The fourth-order valence-corrected chi connectivity index (χ4v) is 3.16. The van der Waals surface area contributed by atoms with Gasteiger partial charge in [-0.05, 0) is 43.0 Å². The number of aryl methyl sites for hydroxylation is 2. The van der Waals surface area contributed by atoms with Crippen molar-refractivity contribution < 1.29 is 4.79 Å². The molecule has 0 spiro atoms. The zero-order valence-electron chi connectivity index (χ0n) is 14.9. The third kappa shape index (κ3) is 4.21. The Bertz CT molecular complexity index is 846. The Labute approximate surface area is 148 Å². The third-order valence-electron chi connectivity index (χ3n) is 4.53. The number of carbonyl (C=O) groups excluding carboxylic acids is 1. The van der Waals surface area contributed by atoms with Crippen LogP contribution in [0.25, 0.3) is 10.9 Å². The molecule has 25 heavy (non-hydrogen) atoms. The molecule has 0 bridgehead atoms. The predicted octanol–water partition coefficient (Wildman–Crippen LogP) is 3.95. The second-order valence-electron chi connectivity index (χ2n) is 6.40. The lowest BCUT2D eigenvalue weighted by molar-refractivity contribution is -0.120. The van der Waals surface area contributed by atoms with E-state index >= 15 is 0 Å². The van der Waals surface area contributed by atoms with E-state index in [2.05, 4.69) is 53.7 Å². The zero-order valence-corrected chi connectivity index (χ0v) is 14.9. The number of aromatic nitrogens is 1. The van der Waals surface area contributed by atoms with Crippen LogP contribution < -0.4 is 10.6 Å². The standard InChI is InChI=1S/C21H25N3O/c1-15-6-5-7-16(2)21(15)23-13-11-20(25)22-12-10-17-14-24-19-9-4-3-8-18(17)19/h3-9,14,23-24H,10-13H2,1-2H3,(H,22,25). The van der Waals surface area contributed by atoms with E-state index < -0.39 is 0 Å². The van der Waals surface area contributed by atoms with Crippen molar-refractivity contribution >= 4 is 22.5 Å². The fourth-order valence-electron chi connectivity index (χ4n) is 3.16. The number of para-hydroxylation sites is 2. The number of hydrogen-bond donors (Lipinski definition) is 3. The van der Waals surface area contributed by atoms with Crippen molar-refractivity contribution in [2.75, 3.05) is 18.4 Å². The van der Waals surface area contributed by atoms with E-state index in [9.17, 15) is 4.79 Å². The molecule has 0 aliphatic carbocycles. The number of H-pyrrole nitrogens is 1. The van der Waals surface area contributed by atoms with Crippen LogP contribution >= 0.6 is 0 Å². The van der Waals surface area contributed by atoms with Gasteiger partial charge in [0.2, 0.25) is 5.91 Å². The van der Waals surface area contributed by atoms with Gasteiger partial charge in [-0.1, -0.05) is 36.4 Å². The Morgan fingerprint density at radius 2 is 1.76 bits per heavy atom. The Morgan fingerprint density at radius 1 is 1.00 bits per heavy atom. The first kappa shape index (κ1) is 17.1. The Morgan fingerprint density at radius 3 is 2.56 bits per heavy atom. The SMILES string of the molecule is Cc1cccc(C)c1NCCC(=O)NCCc1c[nH]c2ccccc12. The van der Waals surface area contributed by atoms with Crippen molar-refractivity contribution in [3.8, 4) is 0 Å². The van der Waals surface area contributed by atoms with Gasteiger partial charge in [-0.15, -0.1) is 0 Å². The molecule has 0 atom stereocenters. The maximum absolute atomic E-state index is 12.0. The van der Waals surface area contributed by atoms with Crippen molar-refractivity contribution in [3.63, 3.8) is 0 Å². The molecule has 130 valence electrons. The number of amides is 1. The van der Waals surface area contributed by atoms with E-state index in [1.54, 1.807) is 0 Å². The maximum Gasteiger partial charge on any atom is 0.221 e. The lowest BCUT2D eigenvalue weighted by atomic mass is 10.1. The summed E-state index contributed by atoms with van der Waals surface area (Å²) < 4.78 is 0. The van der Waals surface area contributed by atoms with Crippen LogP contribution in [0.2, 0.25) is 0 Å². The first-order chi connectivity index (χ1) is 12.1. The molecule has 3 aromatic rings. The summed E-state index contributed by atoms with van der Waals surface area (Å²) in [6, 6.07) is 14.4. The van der Waals surface area contributed by atoms with Gasteiger partial charge in [0, 0.05) is 42.3 Å². The number of aromatic amines is 1. The number of rotatable bonds is 7. The van der Waals surface area contributed by atoms with E-state index in [4.69, 9.17) is 0 Å². The molecule has 1 aromatic heterocycles. The molecule has 0 saturated carbocycles. The molecule has 1 heterocycles. The normalized spacial score (nSPS) is 10.8. The maximum atomic E-state index is 12.0. The van der Waals surface area contributed by atoms with Crippen LogP contribution in [0.4, 0.5) is 5.69 Å². The van der Waals surface area contributed by atoms with E-state index in [0.29, 0.717) is 19.5 Å². The minimum absolute atomic E-state index is 0.0820.